The second-order valence-electron chi connectivity index (χ2n) is 2.95. The number of benzene rings is 1. The van der Waals surface area contributed by atoms with Crippen LogP contribution in [-0.4, -0.2) is 18.6 Å². The van der Waals surface area contributed by atoms with Crippen LogP contribution in [0.1, 0.15) is 6.92 Å². The van der Waals surface area contributed by atoms with Crippen molar-refractivity contribution in [3.63, 3.8) is 0 Å². The molecule has 4 nitrogen and oxygen atoms in total. The topological polar surface area (TPSA) is 62.1 Å². The van der Waals surface area contributed by atoms with Crippen LogP contribution < -0.4 is 10.1 Å². The lowest BCUT2D eigenvalue weighted by atomic mass is 10.3. The molecular weight excluding hydrogens is 192 g/mol. The van der Waals surface area contributed by atoms with Crippen LogP contribution in [0.2, 0.25) is 0 Å². The van der Waals surface area contributed by atoms with Crippen LogP contribution >= 0.6 is 0 Å². The normalized spacial score (nSPS) is 11.2. The van der Waals surface area contributed by atoms with Gasteiger partial charge in [-0.05, 0) is 19.1 Å². The maximum absolute atomic E-state index is 11.3. The molecule has 1 aromatic rings. The average molecular weight is 204 g/mol. The summed E-state index contributed by atoms with van der Waals surface area (Å²) in [6.45, 7) is 1.64. The molecule has 4 heteroatoms. The fourth-order valence-electron chi connectivity index (χ4n) is 1.03. The second-order valence-corrected chi connectivity index (χ2v) is 2.95. The number of carbonyl (C=O) groups is 1. The molecule has 1 N–H and O–H groups in total. The van der Waals surface area contributed by atoms with Crippen molar-refractivity contribution in [2.75, 3.05) is 6.54 Å². The Morgan fingerprint density at radius 2 is 2.20 bits per heavy atom. The number of nitrogens with one attached hydrogen (secondary N) is 1. The average Bonchev–Trinajstić information content (AvgIpc) is 2.27. The molecule has 0 aromatic heterocycles. The summed E-state index contributed by atoms with van der Waals surface area (Å²) in [4.78, 5) is 11.3. The van der Waals surface area contributed by atoms with Crippen molar-refractivity contribution in [1.82, 2.24) is 5.32 Å². The van der Waals surface area contributed by atoms with Crippen molar-refractivity contribution in [2.45, 2.75) is 13.0 Å². The molecule has 1 unspecified atom stereocenters. The van der Waals surface area contributed by atoms with Crippen molar-refractivity contribution in [3.8, 4) is 11.8 Å². The summed E-state index contributed by atoms with van der Waals surface area (Å²) < 4.78 is 5.35. The first-order chi connectivity index (χ1) is 7.24. The van der Waals surface area contributed by atoms with Crippen LogP contribution in [0.5, 0.6) is 5.75 Å². The number of rotatable bonds is 4. The van der Waals surface area contributed by atoms with Crippen molar-refractivity contribution >= 4 is 5.91 Å². The van der Waals surface area contributed by atoms with E-state index in [-0.39, 0.29) is 12.5 Å². The zero-order chi connectivity index (χ0) is 11.1. The first-order valence-corrected chi connectivity index (χ1v) is 4.60. The van der Waals surface area contributed by atoms with E-state index in [1.165, 1.54) is 0 Å². The molecule has 0 aliphatic heterocycles. The Bertz CT molecular complexity index is 357. The first-order valence-electron chi connectivity index (χ1n) is 4.60. The summed E-state index contributed by atoms with van der Waals surface area (Å²) in [6.07, 6.45) is -0.597. The zero-order valence-electron chi connectivity index (χ0n) is 8.43. The van der Waals surface area contributed by atoms with Crippen LogP contribution in [-0.2, 0) is 4.79 Å². The van der Waals surface area contributed by atoms with Gasteiger partial charge in [0.1, 0.15) is 12.3 Å². The number of carbonyl (C=O) groups excluding carboxylic acids is 1. The van der Waals surface area contributed by atoms with Crippen LogP contribution in [0.15, 0.2) is 30.3 Å². The predicted octanol–water partition coefficient (Wildman–Crippen LogP) is 1.09. The Hall–Kier alpha value is -2.02. The number of hydrogen-bond acceptors (Lipinski definition) is 3. The lowest BCUT2D eigenvalue weighted by Crippen LogP contribution is -2.36. The highest BCUT2D eigenvalue weighted by Crippen LogP contribution is 2.10. The Balaban J connectivity index is 2.46. The van der Waals surface area contributed by atoms with Crippen LogP contribution in [0.4, 0.5) is 0 Å². The number of nitriles is 1. The van der Waals surface area contributed by atoms with Crippen molar-refractivity contribution in [1.29, 1.82) is 5.26 Å². The minimum Gasteiger partial charge on any atom is -0.481 e. The van der Waals surface area contributed by atoms with E-state index in [0.717, 1.165) is 0 Å². The van der Waals surface area contributed by atoms with Gasteiger partial charge in [-0.2, -0.15) is 5.26 Å². The summed E-state index contributed by atoms with van der Waals surface area (Å²) >= 11 is 0. The van der Waals surface area contributed by atoms with Gasteiger partial charge < -0.3 is 10.1 Å². The van der Waals surface area contributed by atoms with Gasteiger partial charge in [-0.15, -0.1) is 0 Å². The molecular formula is C11H12N2O2. The van der Waals surface area contributed by atoms with Gasteiger partial charge in [-0.25, -0.2) is 0 Å². The van der Waals surface area contributed by atoms with Gasteiger partial charge in [0.15, 0.2) is 6.10 Å². The summed E-state index contributed by atoms with van der Waals surface area (Å²) in [5.41, 5.74) is 0. The Morgan fingerprint density at radius 1 is 1.53 bits per heavy atom. The molecule has 1 atom stereocenters. The first kappa shape index (κ1) is 11.1. The van der Waals surface area contributed by atoms with Gasteiger partial charge in [-0.1, -0.05) is 18.2 Å². The molecule has 1 rings (SSSR count). The van der Waals surface area contributed by atoms with Gasteiger partial charge >= 0.3 is 0 Å². The van der Waals surface area contributed by atoms with Gasteiger partial charge in [0.05, 0.1) is 6.07 Å². The predicted molar refractivity (Wildman–Crippen MR) is 55.2 cm³/mol. The highest BCUT2D eigenvalue weighted by Gasteiger charge is 2.13. The molecule has 0 spiro atoms. The van der Waals surface area contributed by atoms with Crippen molar-refractivity contribution in [2.24, 2.45) is 0 Å². The zero-order valence-corrected chi connectivity index (χ0v) is 8.43. The van der Waals surface area contributed by atoms with E-state index < -0.39 is 6.10 Å². The smallest absolute Gasteiger partial charge is 0.261 e. The Labute approximate surface area is 88.5 Å². The van der Waals surface area contributed by atoms with Crippen LogP contribution in [0.3, 0.4) is 0 Å². The Kier molecular flexibility index (Phi) is 4.17. The molecule has 0 saturated heterocycles. The third-order valence-electron chi connectivity index (χ3n) is 1.77. The van der Waals surface area contributed by atoms with Gasteiger partial charge in [0.2, 0.25) is 0 Å². The van der Waals surface area contributed by atoms with E-state index in [1.54, 1.807) is 19.1 Å². The lowest BCUT2D eigenvalue weighted by molar-refractivity contribution is -0.127. The molecule has 0 saturated carbocycles. The molecule has 0 aliphatic carbocycles. The van der Waals surface area contributed by atoms with E-state index in [0.29, 0.717) is 5.75 Å². The summed E-state index contributed by atoms with van der Waals surface area (Å²) in [7, 11) is 0. The quantitative estimate of drug-likeness (QED) is 0.747. The highest BCUT2D eigenvalue weighted by atomic mass is 16.5. The van der Waals surface area contributed by atoms with Crippen molar-refractivity contribution < 1.29 is 9.53 Å². The molecule has 0 fully saturated rings. The highest BCUT2D eigenvalue weighted by molar-refractivity contribution is 5.80. The SMILES string of the molecule is CC(Oc1ccccc1)C(=O)NCC#N. The molecule has 15 heavy (non-hydrogen) atoms. The minimum atomic E-state index is -0.597. The second kappa shape index (κ2) is 5.66. The third kappa shape index (κ3) is 3.69. The molecule has 0 radical (unpaired) electrons. The maximum Gasteiger partial charge on any atom is 0.261 e. The molecule has 1 aromatic carbocycles. The monoisotopic (exact) mass is 204 g/mol. The molecule has 1 amide bonds. The lowest BCUT2D eigenvalue weighted by Gasteiger charge is -2.13. The van der Waals surface area contributed by atoms with E-state index in [2.05, 4.69) is 5.32 Å². The van der Waals surface area contributed by atoms with Crippen LogP contribution in [0.25, 0.3) is 0 Å². The van der Waals surface area contributed by atoms with E-state index in [4.69, 9.17) is 10.00 Å². The molecule has 78 valence electrons. The molecule has 0 heterocycles. The third-order valence-corrected chi connectivity index (χ3v) is 1.77. The fourth-order valence-corrected chi connectivity index (χ4v) is 1.03. The summed E-state index contributed by atoms with van der Waals surface area (Å²) in [6, 6.07) is 10.9. The maximum atomic E-state index is 11.3. The minimum absolute atomic E-state index is 0.00131. The Morgan fingerprint density at radius 3 is 2.80 bits per heavy atom. The van der Waals surface area contributed by atoms with Gasteiger partial charge in [0, 0.05) is 0 Å². The number of amides is 1. The standard InChI is InChI=1S/C11H12N2O2/c1-9(11(14)13-8-7-12)15-10-5-3-2-4-6-10/h2-6,9H,8H2,1H3,(H,13,14). The van der Waals surface area contributed by atoms with Crippen LogP contribution in [0, 0.1) is 11.3 Å². The number of hydrogen-bond donors (Lipinski definition) is 1. The molecule has 0 aliphatic rings. The van der Waals surface area contributed by atoms with E-state index >= 15 is 0 Å². The van der Waals surface area contributed by atoms with E-state index in [1.807, 2.05) is 24.3 Å². The summed E-state index contributed by atoms with van der Waals surface area (Å²) in [5, 5.41) is 10.7. The number of nitrogens with zero attached hydrogens (tertiary/aromatic N) is 1. The van der Waals surface area contributed by atoms with Gasteiger partial charge in [-0.3, -0.25) is 4.79 Å². The summed E-state index contributed by atoms with van der Waals surface area (Å²) in [5.74, 6) is 0.345. The van der Waals surface area contributed by atoms with Crippen molar-refractivity contribution in [3.05, 3.63) is 30.3 Å². The molecule has 0 bridgehead atoms. The number of para-hydroxylation sites is 1. The van der Waals surface area contributed by atoms with Gasteiger partial charge in [0.25, 0.3) is 5.91 Å². The van der Waals surface area contributed by atoms with E-state index in [9.17, 15) is 4.79 Å². The largest absolute Gasteiger partial charge is 0.481 e. The fraction of sp³-hybridized carbons (Fsp3) is 0.273. The number of ether oxygens (including phenoxy) is 1.